The average Bonchev–Trinajstić information content (AvgIpc) is 3.03. The maximum atomic E-state index is 13.5. The van der Waals surface area contributed by atoms with E-state index in [4.69, 9.17) is 11.6 Å². The van der Waals surface area contributed by atoms with Gasteiger partial charge in [0.1, 0.15) is 5.69 Å². The fraction of sp³-hybridized carbons (Fsp3) is 0.565. The number of hydrogen-bond donors (Lipinski definition) is 0. The lowest BCUT2D eigenvalue weighted by Crippen LogP contribution is -2.37. The van der Waals surface area contributed by atoms with Gasteiger partial charge in [-0.2, -0.15) is 5.10 Å². The SMILES string of the molecule is Cn1cc(Cl)c(CN(C(=O)CC2CCCCC2)[C@H]2CCCc3ccccc32)n1. The number of halogens is 1. The van der Waals surface area contributed by atoms with Gasteiger partial charge < -0.3 is 4.90 Å². The van der Waals surface area contributed by atoms with Crippen LogP contribution in [0.2, 0.25) is 5.02 Å². The summed E-state index contributed by atoms with van der Waals surface area (Å²) < 4.78 is 1.73. The number of nitrogens with zero attached hydrogens (tertiary/aromatic N) is 3. The van der Waals surface area contributed by atoms with Gasteiger partial charge >= 0.3 is 0 Å². The van der Waals surface area contributed by atoms with E-state index in [1.165, 1.54) is 43.2 Å². The lowest BCUT2D eigenvalue weighted by atomic mass is 9.84. The summed E-state index contributed by atoms with van der Waals surface area (Å²) in [6, 6.07) is 8.72. The molecule has 0 unspecified atom stereocenters. The zero-order valence-electron chi connectivity index (χ0n) is 16.7. The number of rotatable bonds is 5. The third-order valence-electron chi connectivity index (χ3n) is 6.40. The molecular weight excluding hydrogens is 370 g/mol. The molecule has 1 saturated carbocycles. The smallest absolute Gasteiger partial charge is 0.223 e. The first-order valence-corrected chi connectivity index (χ1v) is 11.0. The molecule has 0 saturated heterocycles. The summed E-state index contributed by atoms with van der Waals surface area (Å²) in [4.78, 5) is 15.6. The quantitative estimate of drug-likeness (QED) is 0.670. The fourth-order valence-corrected chi connectivity index (χ4v) is 5.19. The molecule has 28 heavy (non-hydrogen) atoms. The summed E-state index contributed by atoms with van der Waals surface area (Å²) >= 11 is 6.40. The number of carbonyl (C=O) groups is 1. The van der Waals surface area contributed by atoms with Crippen molar-refractivity contribution < 1.29 is 4.79 Å². The van der Waals surface area contributed by atoms with Gasteiger partial charge in [0.15, 0.2) is 0 Å². The van der Waals surface area contributed by atoms with Gasteiger partial charge in [0.2, 0.25) is 5.91 Å². The van der Waals surface area contributed by atoms with E-state index in [1.807, 2.05) is 13.2 Å². The van der Waals surface area contributed by atoms with Crippen LogP contribution >= 0.6 is 11.6 Å². The third-order valence-corrected chi connectivity index (χ3v) is 6.71. The molecule has 0 spiro atoms. The predicted octanol–water partition coefficient (Wildman–Crippen LogP) is 5.45. The Morgan fingerprint density at radius 1 is 1.18 bits per heavy atom. The molecule has 0 bridgehead atoms. The van der Waals surface area contributed by atoms with Crippen LogP contribution in [0.1, 0.15) is 74.2 Å². The minimum Gasteiger partial charge on any atom is -0.330 e. The molecule has 4 rings (SSSR count). The topological polar surface area (TPSA) is 38.1 Å². The van der Waals surface area contributed by atoms with E-state index in [1.54, 1.807) is 4.68 Å². The minimum atomic E-state index is 0.124. The fourth-order valence-electron chi connectivity index (χ4n) is 4.95. The second-order valence-corrected chi connectivity index (χ2v) is 8.84. The van der Waals surface area contributed by atoms with Crippen molar-refractivity contribution in [3.8, 4) is 0 Å². The molecule has 1 atom stereocenters. The Kier molecular flexibility index (Phi) is 6.05. The van der Waals surface area contributed by atoms with Crippen molar-refractivity contribution in [2.75, 3.05) is 0 Å². The van der Waals surface area contributed by atoms with Crippen LogP contribution in [0, 0.1) is 5.92 Å². The first-order valence-electron chi connectivity index (χ1n) is 10.7. The highest BCUT2D eigenvalue weighted by molar-refractivity contribution is 6.31. The van der Waals surface area contributed by atoms with Crippen molar-refractivity contribution >= 4 is 17.5 Å². The maximum Gasteiger partial charge on any atom is 0.223 e. The lowest BCUT2D eigenvalue weighted by Gasteiger charge is -2.37. The van der Waals surface area contributed by atoms with Crippen LogP contribution in [0.4, 0.5) is 0 Å². The molecule has 2 aliphatic carbocycles. The van der Waals surface area contributed by atoms with Crippen molar-refractivity contribution in [3.05, 3.63) is 52.3 Å². The summed E-state index contributed by atoms with van der Waals surface area (Å²) in [7, 11) is 1.87. The summed E-state index contributed by atoms with van der Waals surface area (Å²) in [6.45, 7) is 0.490. The molecule has 0 aliphatic heterocycles. The Hall–Kier alpha value is -1.81. The van der Waals surface area contributed by atoms with E-state index >= 15 is 0 Å². The molecule has 1 amide bonds. The number of carbonyl (C=O) groups excluding carboxylic acids is 1. The van der Waals surface area contributed by atoms with Crippen molar-refractivity contribution in [1.29, 1.82) is 0 Å². The second kappa shape index (κ2) is 8.69. The molecule has 150 valence electrons. The Labute approximate surface area is 172 Å². The summed E-state index contributed by atoms with van der Waals surface area (Å²) in [5, 5.41) is 5.16. The van der Waals surface area contributed by atoms with Crippen LogP contribution in [-0.4, -0.2) is 20.6 Å². The zero-order chi connectivity index (χ0) is 19.5. The number of amides is 1. The minimum absolute atomic E-state index is 0.124. The highest BCUT2D eigenvalue weighted by Gasteiger charge is 2.31. The van der Waals surface area contributed by atoms with Crippen LogP contribution in [0.15, 0.2) is 30.5 Å². The standard InChI is InChI=1S/C23H30ClN3O/c1-26-15-20(24)21(25-26)16-27(23(28)14-17-8-3-2-4-9-17)22-13-7-11-18-10-5-6-12-19(18)22/h5-6,10,12,15,17,22H,2-4,7-9,11,13-14,16H2,1H3/t22-/m0/s1. The molecule has 5 heteroatoms. The van der Waals surface area contributed by atoms with Gasteiger partial charge in [-0.15, -0.1) is 0 Å². The van der Waals surface area contributed by atoms with Crippen LogP contribution < -0.4 is 0 Å². The van der Waals surface area contributed by atoms with E-state index < -0.39 is 0 Å². The Balaban J connectivity index is 1.61. The molecule has 2 aromatic rings. The van der Waals surface area contributed by atoms with E-state index in [2.05, 4.69) is 34.3 Å². The Morgan fingerprint density at radius 2 is 1.96 bits per heavy atom. The van der Waals surface area contributed by atoms with Gasteiger partial charge in [0.05, 0.1) is 17.6 Å². The highest BCUT2D eigenvalue weighted by Crippen LogP contribution is 2.37. The normalized spacial score (nSPS) is 20.0. The molecule has 1 aromatic heterocycles. The van der Waals surface area contributed by atoms with Crippen LogP contribution in [0.3, 0.4) is 0 Å². The average molecular weight is 400 g/mol. The second-order valence-electron chi connectivity index (χ2n) is 8.43. The number of aromatic nitrogens is 2. The number of benzene rings is 1. The first kappa shape index (κ1) is 19.5. The van der Waals surface area contributed by atoms with Gasteiger partial charge in [0, 0.05) is 19.7 Å². The largest absolute Gasteiger partial charge is 0.330 e. The highest BCUT2D eigenvalue weighted by atomic mass is 35.5. The third kappa shape index (κ3) is 4.27. The van der Waals surface area contributed by atoms with Gasteiger partial charge in [-0.3, -0.25) is 9.48 Å². The molecule has 1 aromatic carbocycles. The molecule has 4 nitrogen and oxygen atoms in total. The van der Waals surface area contributed by atoms with Gasteiger partial charge in [-0.1, -0.05) is 55.1 Å². The summed E-state index contributed by atoms with van der Waals surface area (Å²) in [6.07, 6.45) is 11.9. The van der Waals surface area contributed by atoms with Gasteiger partial charge in [0.25, 0.3) is 0 Å². The number of fused-ring (bicyclic) bond motifs is 1. The van der Waals surface area contributed by atoms with E-state index in [-0.39, 0.29) is 11.9 Å². The van der Waals surface area contributed by atoms with Crippen molar-refractivity contribution in [2.24, 2.45) is 13.0 Å². The van der Waals surface area contributed by atoms with Crippen LogP contribution in [-0.2, 0) is 24.8 Å². The molecule has 0 N–H and O–H groups in total. The molecular formula is C23H30ClN3O. The lowest BCUT2D eigenvalue weighted by molar-refractivity contribution is -0.136. The summed E-state index contributed by atoms with van der Waals surface area (Å²) in [5.74, 6) is 0.789. The molecule has 2 aliphatic rings. The van der Waals surface area contributed by atoms with Crippen LogP contribution in [0.25, 0.3) is 0 Å². The monoisotopic (exact) mass is 399 g/mol. The Bertz CT molecular complexity index is 825. The van der Waals surface area contributed by atoms with Crippen molar-refractivity contribution in [2.45, 2.75) is 70.4 Å². The molecule has 1 heterocycles. The van der Waals surface area contributed by atoms with Crippen LogP contribution in [0.5, 0.6) is 0 Å². The Morgan fingerprint density at radius 3 is 2.71 bits per heavy atom. The van der Waals surface area contributed by atoms with Crippen molar-refractivity contribution in [3.63, 3.8) is 0 Å². The van der Waals surface area contributed by atoms with Gasteiger partial charge in [-0.05, 0) is 49.1 Å². The van der Waals surface area contributed by atoms with Crippen molar-refractivity contribution in [1.82, 2.24) is 14.7 Å². The first-order chi connectivity index (χ1) is 13.6. The number of hydrogen-bond acceptors (Lipinski definition) is 2. The van der Waals surface area contributed by atoms with E-state index in [0.29, 0.717) is 23.9 Å². The van der Waals surface area contributed by atoms with E-state index in [0.717, 1.165) is 25.0 Å². The maximum absolute atomic E-state index is 13.5. The van der Waals surface area contributed by atoms with Gasteiger partial charge in [-0.25, -0.2) is 0 Å². The molecule has 0 radical (unpaired) electrons. The van der Waals surface area contributed by atoms with E-state index in [9.17, 15) is 4.79 Å². The number of aryl methyl sites for hydroxylation is 2. The summed E-state index contributed by atoms with van der Waals surface area (Å²) in [5.41, 5.74) is 3.48. The predicted molar refractivity (Wildman–Crippen MR) is 112 cm³/mol. The molecule has 1 fully saturated rings. The zero-order valence-corrected chi connectivity index (χ0v) is 17.5.